The van der Waals surface area contributed by atoms with E-state index in [-0.39, 0.29) is 23.3 Å². The lowest BCUT2D eigenvalue weighted by atomic mass is 10.0. The fourth-order valence-corrected chi connectivity index (χ4v) is 6.68. The van der Waals surface area contributed by atoms with E-state index >= 15 is 0 Å². The van der Waals surface area contributed by atoms with Crippen molar-refractivity contribution in [2.45, 2.75) is 49.6 Å². The molecule has 38 heavy (non-hydrogen) atoms. The number of sulfone groups is 1. The lowest BCUT2D eigenvalue weighted by Crippen LogP contribution is -2.56. The van der Waals surface area contributed by atoms with Crippen molar-refractivity contribution in [2.75, 3.05) is 19.0 Å². The molecule has 3 aromatic rings. The molecule has 4 rings (SSSR count). The van der Waals surface area contributed by atoms with Crippen molar-refractivity contribution in [2.24, 2.45) is 0 Å². The number of ketones is 1. The number of hydrogen-bond acceptors (Lipinski definition) is 8. The van der Waals surface area contributed by atoms with Crippen LogP contribution in [0.25, 0.3) is 0 Å². The van der Waals surface area contributed by atoms with E-state index in [0.717, 1.165) is 5.56 Å². The van der Waals surface area contributed by atoms with Gasteiger partial charge in [-0.05, 0) is 36.8 Å². The first-order valence-corrected chi connectivity index (χ1v) is 15.5. The molecule has 1 saturated heterocycles. The van der Waals surface area contributed by atoms with Crippen LogP contribution in [0.5, 0.6) is 0 Å². The Morgan fingerprint density at radius 1 is 0.974 bits per heavy atom. The molecule has 2 heterocycles. The molecular formula is C28H33N3O5S2. The topological polar surface area (TPSA) is 114 Å². The van der Waals surface area contributed by atoms with Crippen LogP contribution >= 0.6 is 11.3 Å². The van der Waals surface area contributed by atoms with E-state index in [4.69, 9.17) is 4.74 Å². The average Bonchev–Trinajstić information content (AvgIpc) is 3.47. The summed E-state index contributed by atoms with van der Waals surface area (Å²) >= 11 is 1.22. The molecule has 0 spiro atoms. The Morgan fingerprint density at radius 3 is 2.26 bits per heavy atom. The number of nitrogens with zero attached hydrogens (tertiary/aromatic N) is 1. The second-order valence-corrected chi connectivity index (χ2v) is 12.4. The van der Waals surface area contributed by atoms with Crippen LogP contribution in [-0.4, -0.2) is 62.2 Å². The largest absolute Gasteiger partial charge is 0.381 e. The van der Waals surface area contributed by atoms with Gasteiger partial charge in [-0.3, -0.25) is 9.59 Å². The number of Topliss-reactive ketones (excluding diaryl/α,β-unsaturated/α-hetero) is 1. The molecule has 8 nitrogen and oxygen atoms in total. The van der Waals surface area contributed by atoms with Gasteiger partial charge < -0.3 is 15.4 Å². The van der Waals surface area contributed by atoms with E-state index in [1.165, 1.54) is 11.3 Å². The standard InChI is InChI=1S/C28H33N3O5S2/c32-26(28-29-15-18-37-28)24(12-11-21-7-3-1-4-8-21)31-27(33)25(30-23-13-16-36-17-14-23)20-38(34,35)19-22-9-5-2-6-10-22/h1-10,15,18,23-25,30H,11-14,16-17,19-20H2,(H,31,33)/t24?,25-/m0/s1. The monoisotopic (exact) mass is 555 g/mol. The molecule has 1 aromatic heterocycles. The fourth-order valence-electron chi connectivity index (χ4n) is 4.48. The van der Waals surface area contributed by atoms with E-state index in [0.29, 0.717) is 49.5 Å². The molecule has 0 saturated carbocycles. The minimum Gasteiger partial charge on any atom is -0.381 e. The summed E-state index contributed by atoms with van der Waals surface area (Å²) in [4.78, 5) is 31.0. The molecule has 1 amide bonds. The second-order valence-electron chi connectivity index (χ2n) is 9.43. The zero-order chi connectivity index (χ0) is 26.8. The Balaban J connectivity index is 1.51. The minimum absolute atomic E-state index is 0.0520. The third-order valence-corrected chi connectivity index (χ3v) is 8.87. The molecule has 202 valence electrons. The maximum absolute atomic E-state index is 13.6. The highest BCUT2D eigenvalue weighted by Gasteiger charge is 2.32. The number of carbonyl (C=O) groups excluding carboxylic acids is 2. The Bertz CT molecular complexity index is 1260. The van der Waals surface area contributed by atoms with Crippen LogP contribution in [0.3, 0.4) is 0 Å². The maximum Gasteiger partial charge on any atom is 0.238 e. The van der Waals surface area contributed by atoms with Crippen molar-refractivity contribution in [1.82, 2.24) is 15.6 Å². The number of thiazole rings is 1. The van der Waals surface area contributed by atoms with E-state index in [1.54, 1.807) is 35.8 Å². The molecule has 2 atom stereocenters. The van der Waals surface area contributed by atoms with Crippen molar-refractivity contribution in [3.05, 3.63) is 88.4 Å². The van der Waals surface area contributed by atoms with Crippen LogP contribution < -0.4 is 10.6 Å². The molecule has 10 heteroatoms. The summed E-state index contributed by atoms with van der Waals surface area (Å²) in [5, 5.41) is 8.16. The molecule has 1 aliphatic rings. The SMILES string of the molecule is O=C(c1nccs1)C(CCc1ccccc1)NC(=O)[C@H](CS(=O)(=O)Cc1ccccc1)NC1CCOCC1. The van der Waals surface area contributed by atoms with Gasteiger partial charge in [-0.2, -0.15) is 0 Å². The molecule has 2 aromatic carbocycles. The minimum atomic E-state index is -3.63. The summed E-state index contributed by atoms with van der Waals surface area (Å²) in [7, 11) is -3.63. The van der Waals surface area contributed by atoms with E-state index in [1.807, 2.05) is 36.4 Å². The molecule has 0 radical (unpaired) electrons. The Kier molecular flexibility index (Phi) is 10.2. The quantitative estimate of drug-likeness (QED) is 0.311. The summed E-state index contributed by atoms with van der Waals surface area (Å²) in [5.74, 6) is -1.32. The smallest absolute Gasteiger partial charge is 0.238 e. The van der Waals surface area contributed by atoms with Gasteiger partial charge in [-0.15, -0.1) is 11.3 Å². The van der Waals surface area contributed by atoms with Gasteiger partial charge in [0.15, 0.2) is 14.8 Å². The number of carbonyl (C=O) groups is 2. The number of aryl methyl sites for hydroxylation is 1. The second kappa shape index (κ2) is 13.7. The molecule has 2 N–H and O–H groups in total. The van der Waals surface area contributed by atoms with Gasteiger partial charge >= 0.3 is 0 Å². The normalized spacial score (nSPS) is 16.0. The van der Waals surface area contributed by atoms with Gasteiger partial charge in [0.25, 0.3) is 0 Å². The van der Waals surface area contributed by atoms with Gasteiger partial charge in [0.05, 0.1) is 17.5 Å². The Morgan fingerprint density at radius 2 is 1.63 bits per heavy atom. The fraction of sp³-hybridized carbons (Fsp3) is 0.393. The summed E-state index contributed by atoms with van der Waals surface area (Å²) in [6.45, 7) is 1.09. The van der Waals surface area contributed by atoms with Crippen molar-refractivity contribution >= 4 is 32.9 Å². The van der Waals surface area contributed by atoms with E-state index in [2.05, 4.69) is 15.6 Å². The maximum atomic E-state index is 13.6. The highest BCUT2D eigenvalue weighted by atomic mass is 32.2. The van der Waals surface area contributed by atoms with Crippen LogP contribution in [0.4, 0.5) is 0 Å². The molecule has 1 fully saturated rings. The molecule has 0 bridgehead atoms. The first kappa shape index (κ1) is 28.1. The average molecular weight is 556 g/mol. The number of rotatable bonds is 13. The number of ether oxygens (including phenoxy) is 1. The summed E-state index contributed by atoms with van der Waals surface area (Å²) in [6.07, 6.45) is 3.86. The summed E-state index contributed by atoms with van der Waals surface area (Å²) < 4.78 is 31.7. The number of aromatic nitrogens is 1. The highest BCUT2D eigenvalue weighted by Crippen LogP contribution is 2.15. The van der Waals surface area contributed by atoms with Gasteiger partial charge in [-0.25, -0.2) is 13.4 Å². The lowest BCUT2D eigenvalue weighted by molar-refractivity contribution is -0.123. The van der Waals surface area contributed by atoms with Crippen LogP contribution in [0.15, 0.2) is 72.2 Å². The van der Waals surface area contributed by atoms with Crippen molar-refractivity contribution in [3.63, 3.8) is 0 Å². The zero-order valence-corrected chi connectivity index (χ0v) is 22.8. The molecular weight excluding hydrogens is 522 g/mol. The summed E-state index contributed by atoms with van der Waals surface area (Å²) in [6, 6.07) is 16.7. The zero-order valence-electron chi connectivity index (χ0n) is 21.1. The number of benzene rings is 2. The summed E-state index contributed by atoms with van der Waals surface area (Å²) in [5.41, 5.74) is 1.71. The number of amides is 1. The molecule has 1 unspecified atom stereocenters. The third kappa shape index (κ3) is 8.56. The van der Waals surface area contributed by atoms with Crippen LogP contribution in [-0.2, 0) is 31.5 Å². The Labute approximate surface area is 227 Å². The van der Waals surface area contributed by atoms with Gasteiger partial charge in [0.2, 0.25) is 11.7 Å². The van der Waals surface area contributed by atoms with E-state index < -0.39 is 27.8 Å². The van der Waals surface area contributed by atoms with Gasteiger partial charge in [0.1, 0.15) is 6.04 Å². The highest BCUT2D eigenvalue weighted by molar-refractivity contribution is 7.90. The van der Waals surface area contributed by atoms with Crippen LogP contribution in [0.1, 0.15) is 40.2 Å². The van der Waals surface area contributed by atoms with Crippen molar-refractivity contribution in [1.29, 1.82) is 0 Å². The predicted octanol–water partition coefficient (Wildman–Crippen LogP) is 3.20. The van der Waals surface area contributed by atoms with Crippen molar-refractivity contribution in [3.8, 4) is 0 Å². The van der Waals surface area contributed by atoms with Crippen LogP contribution in [0.2, 0.25) is 0 Å². The number of nitrogens with one attached hydrogen (secondary N) is 2. The van der Waals surface area contributed by atoms with Crippen molar-refractivity contribution < 1.29 is 22.7 Å². The Hall–Kier alpha value is -2.92. The lowest BCUT2D eigenvalue weighted by Gasteiger charge is -2.29. The van der Waals surface area contributed by atoms with Gasteiger partial charge in [0, 0.05) is 30.8 Å². The van der Waals surface area contributed by atoms with E-state index in [9.17, 15) is 18.0 Å². The number of hydrogen-bond donors (Lipinski definition) is 2. The van der Waals surface area contributed by atoms with Gasteiger partial charge in [-0.1, -0.05) is 60.7 Å². The predicted molar refractivity (Wildman–Crippen MR) is 148 cm³/mol. The first-order valence-electron chi connectivity index (χ1n) is 12.8. The molecule has 0 aliphatic carbocycles. The third-order valence-electron chi connectivity index (χ3n) is 6.47. The first-order chi connectivity index (χ1) is 18.4. The molecule has 1 aliphatic heterocycles. The van der Waals surface area contributed by atoms with Crippen LogP contribution in [0, 0.1) is 0 Å².